The van der Waals surface area contributed by atoms with Crippen molar-refractivity contribution < 1.29 is 4.79 Å². The van der Waals surface area contributed by atoms with E-state index in [1.807, 2.05) is 18.2 Å². The Morgan fingerprint density at radius 3 is 2.65 bits per heavy atom. The van der Waals surface area contributed by atoms with E-state index in [4.69, 9.17) is 5.73 Å². The van der Waals surface area contributed by atoms with E-state index in [0.29, 0.717) is 5.92 Å². The van der Waals surface area contributed by atoms with E-state index in [1.54, 1.807) is 12.4 Å². The molecule has 1 atom stereocenters. The molecule has 0 saturated heterocycles. The number of carbonyl (C=O) groups excluding carboxylic acids is 1. The molecule has 0 radical (unpaired) electrons. The molecular weight excluding hydrogens is 250 g/mol. The monoisotopic (exact) mass is 273 g/mol. The molecule has 3 N–H and O–H groups in total. The first-order valence-corrected chi connectivity index (χ1v) is 7.28. The highest BCUT2D eigenvalue weighted by molar-refractivity contribution is 5.92. The summed E-state index contributed by atoms with van der Waals surface area (Å²) in [4.78, 5) is 16.1. The molecule has 0 unspecified atom stereocenters. The second-order valence-corrected chi connectivity index (χ2v) is 5.53. The number of hydrogen-bond donors (Lipinski definition) is 2. The first-order valence-electron chi connectivity index (χ1n) is 7.28. The summed E-state index contributed by atoms with van der Waals surface area (Å²) in [5.41, 5.74) is 6.94. The van der Waals surface area contributed by atoms with Crippen LogP contribution in [-0.2, 0) is 4.79 Å². The molecule has 4 heteroatoms. The number of aromatic nitrogens is 1. The molecule has 1 fully saturated rings. The Labute approximate surface area is 120 Å². The molecule has 0 aliphatic heterocycles. The van der Waals surface area contributed by atoms with Crippen LogP contribution in [-0.4, -0.2) is 16.9 Å². The Morgan fingerprint density at radius 1 is 1.40 bits per heavy atom. The maximum atomic E-state index is 12.2. The number of nitrogens with one attached hydrogen (secondary N) is 1. The predicted octanol–water partition coefficient (Wildman–Crippen LogP) is 2.73. The number of amides is 1. The van der Waals surface area contributed by atoms with E-state index in [1.165, 1.54) is 0 Å². The molecule has 1 aliphatic rings. The third kappa shape index (κ3) is 3.90. The largest absolute Gasteiger partial charge is 0.327 e. The molecule has 108 valence electrons. The summed E-state index contributed by atoms with van der Waals surface area (Å²) in [5.74, 6) is 0.750. The molecule has 1 amide bonds. The van der Waals surface area contributed by atoms with Gasteiger partial charge in [-0.2, -0.15) is 0 Å². The average molecular weight is 273 g/mol. The number of nitrogens with zero attached hydrogens (tertiary/aromatic N) is 1. The smallest absolute Gasteiger partial charge is 0.227 e. The van der Waals surface area contributed by atoms with Gasteiger partial charge in [0, 0.05) is 30.0 Å². The van der Waals surface area contributed by atoms with Crippen LogP contribution in [0, 0.1) is 11.8 Å². The standard InChI is InChI=1S/C16H23N3O/c1-2-3-15(17)12-4-6-13(7-5-12)16(20)19-14-8-10-18-11-9-14/h2,8-13,15H,1,3-7,17H2,(H,18,19,20)/t12?,13?,15-/m1/s1. The van der Waals surface area contributed by atoms with Crippen molar-refractivity contribution in [3.05, 3.63) is 37.2 Å². The Kier molecular flexibility index (Phi) is 5.30. The van der Waals surface area contributed by atoms with Crippen LogP contribution < -0.4 is 11.1 Å². The molecule has 1 saturated carbocycles. The summed E-state index contributed by atoms with van der Waals surface area (Å²) in [7, 11) is 0. The summed E-state index contributed by atoms with van der Waals surface area (Å²) in [5, 5.41) is 2.95. The van der Waals surface area contributed by atoms with Crippen LogP contribution in [0.15, 0.2) is 37.2 Å². The zero-order chi connectivity index (χ0) is 14.4. The summed E-state index contributed by atoms with van der Waals surface area (Å²) in [6, 6.07) is 3.81. The zero-order valence-corrected chi connectivity index (χ0v) is 11.8. The van der Waals surface area contributed by atoms with Gasteiger partial charge in [0.1, 0.15) is 0 Å². The van der Waals surface area contributed by atoms with Gasteiger partial charge in [-0.25, -0.2) is 0 Å². The van der Waals surface area contributed by atoms with Gasteiger partial charge in [-0.15, -0.1) is 6.58 Å². The van der Waals surface area contributed by atoms with Crippen molar-refractivity contribution in [1.29, 1.82) is 0 Å². The molecular formula is C16H23N3O. The maximum Gasteiger partial charge on any atom is 0.227 e. The fourth-order valence-electron chi connectivity index (χ4n) is 2.87. The van der Waals surface area contributed by atoms with Gasteiger partial charge in [0.25, 0.3) is 0 Å². The van der Waals surface area contributed by atoms with Crippen LogP contribution in [0.2, 0.25) is 0 Å². The van der Waals surface area contributed by atoms with Crippen LogP contribution in [0.1, 0.15) is 32.1 Å². The number of carbonyl (C=O) groups is 1. The van der Waals surface area contributed by atoms with E-state index >= 15 is 0 Å². The lowest BCUT2D eigenvalue weighted by Crippen LogP contribution is -2.35. The fourth-order valence-corrected chi connectivity index (χ4v) is 2.87. The molecule has 2 rings (SSSR count). The first-order chi connectivity index (χ1) is 9.70. The Hall–Kier alpha value is -1.68. The number of hydrogen-bond acceptors (Lipinski definition) is 3. The number of rotatable bonds is 5. The minimum atomic E-state index is 0.107. The van der Waals surface area contributed by atoms with Gasteiger partial charge < -0.3 is 11.1 Å². The maximum absolute atomic E-state index is 12.2. The Balaban J connectivity index is 1.81. The number of pyridine rings is 1. The summed E-state index contributed by atoms with van der Waals surface area (Å²) in [6.45, 7) is 3.74. The minimum absolute atomic E-state index is 0.107. The average Bonchev–Trinajstić information content (AvgIpc) is 2.48. The Morgan fingerprint density at radius 2 is 2.05 bits per heavy atom. The van der Waals surface area contributed by atoms with Crippen molar-refractivity contribution in [3.8, 4) is 0 Å². The highest BCUT2D eigenvalue weighted by Crippen LogP contribution is 2.31. The second-order valence-electron chi connectivity index (χ2n) is 5.53. The zero-order valence-electron chi connectivity index (χ0n) is 11.8. The predicted molar refractivity (Wildman–Crippen MR) is 81.1 cm³/mol. The van der Waals surface area contributed by atoms with Crippen LogP contribution in [0.4, 0.5) is 5.69 Å². The van der Waals surface area contributed by atoms with E-state index in [2.05, 4.69) is 16.9 Å². The van der Waals surface area contributed by atoms with Gasteiger partial charge in [-0.3, -0.25) is 9.78 Å². The summed E-state index contributed by atoms with van der Waals surface area (Å²) in [6.07, 6.45) is 10.0. The van der Waals surface area contributed by atoms with Gasteiger partial charge in [0.05, 0.1) is 0 Å². The summed E-state index contributed by atoms with van der Waals surface area (Å²) >= 11 is 0. The van der Waals surface area contributed by atoms with E-state index < -0.39 is 0 Å². The highest BCUT2D eigenvalue weighted by atomic mass is 16.1. The Bertz CT molecular complexity index is 438. The normalized spacial score (nSPS) is 23.9. The molecule has 0 aromatic carbocycles. The van der Waals surface area contributed by atoms with Crippen molar-refractivity contribution >= 4 is 11.6 Å². The second kappa shape index (κ2) is 7.20. The summed E-state index contributed by atoms with van der Waals surface area (Å²) < 4.78 is 0. The van der Waals surface area contributed by atoms with Gasteiger partial charge >= 0.3 is 0 Å². The lowest BCUT2D eigenvalue weighted by Gasteiger charge is -2.31. The highest BCUT2D eigenvalue weighted by Gasteiger charge is 2.28. The fraction of sp³-hybridized carbons (Fsp3) is 0.500. The van der Waals surface area contributed by atoms with Crippen molar-refractivity contribution in [2.75, 3.05) is 5.32 Å². The van der Waals surface area contributed by atoms with E-state index in [9.17, 15) is 4.79 Å². The number of nitrogens with two attached hydrogens (primary N) is 1. The SMILES string of the molecule is C=CC[C@@H](N)C1CCC(C(=O)Nc2ccncc2)CC1. The quantitative estimate of drug-likeness (QED) is 0.810. The van der Waals surface area contributed by atoms with Crippen molar-refractivity contribution in [2.45, 2.75) is 38.1 Å². The van der Waals surface area contributed by atoms with Gasteiger partial charge in [0.2, 0.25) is 5.91 Å². The third-order valence-electron chi connectivity index (χ3n) is 4.13. The topological polar surface area (TPSA) is 68.0 Å². The lowest BCUT2D eigenvalue weighted by molar-refractivity contribution is -0.121. The molecule has 20 heavy (non-hydrogen) atoms. The molecule has 4 nitrogen and oxygen atoms in total. The number of anilines is 1. The van der Waals surface area contributed by atoms with E-state index in [-0.39, 0.29) is 17.9 Å². The first kappa shape index (κ1) is 14.7. The molecule has 0 spiro atoms. The molecule has 1 aromatic rings. The van der Waals surface area contributed by atoms with Crippen LogP contribution in [0.25, 0.3) is 0 Å². The molecule has 1 aromatic heterocycles. The van der Waals surface area contributed by atoms with Crippen molar-refractivity contribution in [1.82, 2.24) is 4.98 Å². The van der Waals surface area contributed by atoms with Crippen LogP contribution >= 0.6 is 0 Å². The van der Waals surface area contributed by atoms with Crippen LogP contribution in [0.5, 0.6) is 0 Å². The van der Waals surface area contributed by atoms with Gasteiger partial charge in [-0.1, -0.05) is 6.08 Å². The van der Waals surface area contributed by atoms with Gasteiger partial charge in [-0.05, 0) is 50.2 Å². The van der Waals surface area contributed by atoms with Crippen molar-refractivity contribution in [2.24, 2.45) is 17.6 Å². The van der Waals surface area contributed by atoms with E-state index in [0.717, 1.165) is 37.8 Å². The molecule has 0 bridgehead atoms. The van der Waals surface area contributed by atoms with Gasteiger partial charge in [0.15, 0.2) is 0 Å². The van der Waals surface area contributed by atoms with Crippen molar-refractivity contribution in [3.63, 3.8) is 0 Å². The molecule has 1 aliphatic carbocycles. The van der Waals surface area contributed by atoms with Crippen LogP contribution in [0.3, 0.4) is 0 Å². The minimum Gasteiger partial charge on any atom is -0.327 e. The molecule has 1 heterocycles. The third-order valence-corrected chi connectivity index (χ3v) is 4.13. The lowest BCUT2D eigenvalue weighted by atomic mass is 9.77.